The molecule has 1 aromatic heterocycles. The molecule has 4 heteroatoms. The summed E-state index contributed by atoms with van der Waals surface area (Å²) in [6, 6.07) is 15.2. The first-order valence-electron chi connectivity index (χ1n) is 6.46. The first kappa shape index (κ1) is 12.4. The Kier molecular flexibility index (Phi) is 2.99. The fourth-order valence-corrected chi connectivity index (χ4v) is 2.33. The highest BCUT2D eigenvalue weighted by molar-refractivity contribution is 5.74. The zero-order valence-corrected chi connectivity index (χ0v) is 11.2. The van der Waals surface area contributed by atoms with Crippen molar-refractivity contribution in [3.8, 4) is 0 Å². The molecule has 3 rings (SSSR count). The van der Waals surface area contributed by atoms with E-state index in [0.29, 0.717) is 17.9 Å². The standard InChI is InChI=1S/C16H15N3O/c1-11-16(20)19(10-12-6-2-3-7-13(12)17)15-9-5-4-8-14(15)18-11/h2-9H,10,17H2,1H3. The van der Waals surface area contributed by atoms with E-state index in [4.69, 9.17) is 5.73 Å². The minimum atomic E-state index is -0.0769. The molecular weight excluding hydrogens is 250 g/mol. The lowest BCUT2D eigenvalue weighted by Gasteiger charge is -2.12. The van der Waals surface area contributed by atoms with Gasteiger partial charge in [0.15, 0.2) is 0 Å². The maximum Gasteiger partial charge on any atom is 0.272 e. The number of benzene rings is 2. The van der Waals surface area contributed by atoms with Crippen LogP contribution in [0.3, 0.4) is 0 Å². The number of nitrogen functional groups attached to an aromatic ring is 1. The lowest BCUT2D eigenvalue weighted by Crippen LogP contribution is -2.24. The van der Waals surface area contributed by atoms with Gasteiger partial charge in [-0.1, -0.05) is 30.3 Å². The number of nitrogens with two attached hydrogens (primary N) is 1. The number of hydrogen-bond acceptors (Lipinski definition) is 3. The quantitative estimate of drug-likeness (QED) is 0.723. The van der Waals surface area contributed by atoms with E-state index in [-0.39, 0.29) is 5.56 Å². The molecule has 100 valence electrons. The molecule has 0 saturated carbocycles. The zero-order chi connectivity index (χ0) is 14.1. The Morgan fingerprint density at radius 1 is 1.10 bits per heavy atom. The summed E-state index contributed by atoms with van der Waals surface area (Å²) < 4.78 is 1.73. The van der Waals surface area contributed by atoms with Gasteiger partial charge in [-0.3, -0.25) is 4.79 Å². The minimum Gasteiger partial charge on any atom is -0.398 e. The number of nitrogens with zero attached hydrogens (tertiary/aromatic N) is 2. The molecule has 2 N–H and O–H groups in total. The Bertz CT molecular complexity index is 836. The van der Waals surface area contributed by atoms with Gasteiger partial charge in [-0.2, -0.15) is 0 Å². The van der Waals surface area contributed by atoms with Crippen molar-refractivity contribution in [1.82, 2.24) is 9.55 Å². The molecule has 2 aromatic carbocycles. The van der Waals surface area contributed by atoms with Crippen LogP contribution in [0.2, 0.25) is 0 Å². The third-order valence-electron chi connectivity index (χ3n) is 3.40. The average molecular weight is 265 g/mol. The summed E-state index contributed by atoms with van der Waals surface area (Å²) in [6.07, 6.45) is 0. The number of anilines is 1. The van der Waals surface area contributed by atoms with Crippen molar-refractivity contribution >= 4 is 16.7 Å². The van der Waals surface area contributed by atoms with Crippen molar-refractivity contribution < 1.29 is 0 Å². The monoisotopic (exact) mass is 265 g/mol. The number of aromatic nitrogens is 2. The summed E-state index contributed by atoms with van der Waals surface area (Å²) in [4.78, 5) is 16.7. The molecule has 20 heavy (non-hydrogen) atoms. The molecule has 0 aliphatic heterocycles. The number of aryl methyl sites for hydroxylation is 1. The van der Waals surface area contributed by atoms with Crippen molar-refractivity contribution in [2.75, 3.05) is 5.73 Å². The van der Waals surface area contributed by atoms with Gasteiger partial charge < -0.3 is 10.3 Å². The van der Waals surface area contributed by atoms with Crippen molar-refractivity contribution in [3.63, 3.8) is 0 Å². The summed E-state index contributed by atoms with van der Waals surface area (Å²) in [5, 5.41) is 0. The van der Waals surface area contributed by atoms with Crippen LogP contribution in [0.4, 0.5) is 5.69 Å². The molecule has 0 bridgehead atoms. The third-order valence-corrected chi connectivity index (χ3v) is 3.40. The van der Waals surface area contributed by atoms with E-state index >= 15 is 0 Å². The number of rotatable bonds is 2. The minimum absolute atomic E-state index is 0.0769. The molecule has 0 radical (unpaired) electrons. The number of fused-ring (bicyclic) bond motifs is 1. The molecular formula is C16H15N3O. The van der Waals surface area contributed by atoms with E-state index in [1.807, 2.05) is 48.5 Å². The topological polar surface area (TPSA) is 60.9 Å². The van der Waals surface area contributed by atoms with Crippen molar-refractivity contribution in [2.45, 2.75) is 13.5 Å². The van der Waals surface area contributed by atoms with E-state index < -0.39 is 0 Å². The molecule has 0 saturated heterocycles. The van der Waals surface area contributed by atoms with Crippen LogP contribution >= 0.6 is 0 Å². The number of para-hydroxylation sites is 3. The van der Waals surface area contributed by atoms with Crippen LogP contribution in [0.5, 0.6) is 0 Å². The van der Waals surface area contributed by atoms with Crippen molar-refractivity contribution in [2.24, 2.45) is 0 Å². The fourth-order valence-electron chi connectivity index (χ4n) is 2.33. The van der Waals surface area contributed by atoms with Gasteiger partial charge in [0.2, 0.25) is 0 Å². The third kappa shape index (κ3) is 2.05. The fraction of sp³-hybridized carbons (Fsp3) is 0.125. The van der Waals surface area contributed by atoms with Crippen LogP contribution in [-0.2, 0) is 6.54 Å². The second-order valence-corrected chi connectivity index (χ2v) is 4.78. The lowest BCUT2D eigenvalue weighted by molar-refractivity contribution is 0.778. The first-order chi connectivity index (χ1) is 9.66. The highest BCUT2D eigenvalue weighted by atomic mass is 16.1. The van der Waals surface area contributed by atoms with E-state index in [0.717, 1.165) is 16.6 Å². The van der Waals surface area contributed by atoms with Crippen LogP contribution in [0.15, 0.2) is 53.3 Å². The van der Waals surface area contributed by atoms with E-state index in [1.165, 1.54) is 0 Å². The van der Waals surface area contributed by atoms with Gasteiger partial charge in [-0.05, 0) is 30.7 Å². The van der Waals surface area contributed by atoms with Gasteiger partial charge in [0.05, 0.1) is 17.6 Å². The Balaban J connectivity index is 2.23. The second kappa shape index (κ2) is 4.81. The van der Waals surface area contributed by atoms with Crippen LogP contribution < -0.4 is 11.3 Å². The van der Waals surface area contributed by atoms with Crippen LogP contribution in [0.1, 0.15) is 11.3 Å². The van der Waals surface area contributed by atoms with Gasteiger partial charge in [-0.25, -0.2) is 4.98 Å². The van der Waals surface area contributed by atoms with Crippen LogP contribution in [0.25, 0.3) is 11.0 Å². The summed E-state index contributed by atoms with van der Waals surface area (Å²) >= 11 is 0. The Labute approximate surface area is 116 Å². The second-order valence-electron chi connectivity index (χ2n) is 4.78. The maximum atomic E-state index is 12.4. The highest BCUT2D eigenvalue weighted by Gasteiger charge is 2.09. The van der Waals surface area contributed by atoms with E-state index in [9.17, 15) is 4.79 Å². The molecule has 0 fully saturated rings. The lowest BCUT2D eigenvalue weighted by atomic mass is 10.1. The molecule has 0 aliphatic rings. The molecule has 1 heterocycles. The number of hydrogen-bond donors (Lipinski definition) is 1. The summed E-state index contributed by atoms with van der Waals surface area (Å²) in [5.41, 5.74) is 9.66. The molecule has 0 unspecified atom stereocenters. The zero-order valence-electron chi connectivity index (χ0n) is 11.2. The maximum absolute atomic E-state index is 12.4. The van der Waals surface area contributed by atoms with E-state index in [1.54, 1.807) is 11.5 Å². The smallest absolute Gasteiger partial charge is 0.272 e. The first-order valence-corrected chi connectivity index (χ1v) is 6.46. The highest BCUT2D eigenvalue weighted by Crippen LogP contribution is 2.15. The molecule has 3 aromatic rings. The average Bonchev–Trinajstić information content (AvgIpc) is 2.46. The SMILES string of the molecule is Cc1nc2ccccc2n(Cc2ccccc2N)c1=O. The summed E-state index contributed by atoms with van der Waals surface area (Å²) in [6.45, 7) is 2.19. The predicted octanol–water partition coefficient (Wildman–Crippen LogP) is 2.34. The summed E-state index contributed by atoms with van der Waals surface area (Å²) in [7, 11) is 0. The molecule has 4 nitrogen and oxygen atoms in total. The molecule has 0 spiro atoms. The van der Waals surface area contributed by atoms with Gasteiger partial charge >= 0.3 is 0 Å². The largest absolute Gasteiger partial charge is 0.398 e. The molecule has 0 aliphatic carbocycles. The van der Waals surface area contributed by atoms with Crippen LogP contribution in [-0.4, -0.2) is 9.55 Å². The van der Waals surface area contributed by atoms with Gasteiger partial charge in [0.1, 0.15) is 5.69 Å². The molecule has 0 amide bonds. The molecule has 0 atom stereocenters. The Hall–Kier alpha value is -2.62. The van der Waals surface area contributed by atoms with Crippen molar-refractivity contribution in [1.29, 1.82) is 0 Å². The Morgan fingerprint density at radius 3 is 2.60 bits per heavy atom. The normalized spacial score (nSPS) is 10.8. The van der Waals surface area contributed by atoms with E-state index in [2.05, 4.69) is 4.98 Å². The van der Waals surface area contributed by atoms with Crippen molar-refractivity contribution in [3.05, 3.63) is 70.1 Å². The van der Waals surface area contributed by atoms with Gasteiger partial charge in [0.25, 0.3) is 5.56 Å². The predicted molar refractivity (Wildman–Crippen MR) is 80.7 cm³/mol. The van der Waals surface area contributed by atoms with Gasteiger partial charge in [-0.15, -0.1) is 0 Å². The van der Waals surface area contributed by atoms with Crippen LogP contribution in [0, 0.1) is 6.92 Å². The Morgan fingerprint density at radius 2 is 1.80 bits per heavy atom. The summed E-state index contributed by atoms with van der Waals surface area (Å²) in [5.74, 6) is 0. The van der Waals surface area contributed by atoms with Gasteiger partial charge in [0, 0.05) is 5.69 Å².